The molecule has 15 heavy (non-hydrogen) atoms. The highest BCUT2D eigenvalue weighted by Gasteiger charge is 2.44. The fourth-order valence-corrected chi connectivity index (χ4v) is 2.54. The molecule has 2 atom stereocenters. The minimum Gasteiger partial charge on any atom is -0.300 e. The molecule has 0 saturated heterocycles. The summed E-state index contributed by atoms with van der Waals surface area (Å²) in [4.78, 5) is 11.6. The van der Waals surface area contributed by atoms with Gasteiger partial charge in [0.1, 0.15) is 5.78 Å². The van der Waals surface area contributed by atoms with Crippen LogP contribution in [0, 0.1) is 11.3 Å². The van der Waals surface area contributed by atoms with Gasteiger partial charge in [-0.15, -0.1) is 0 Å². The van der Waals surface area contributed by atoms with E-state index in [1.54, 1.807) is 0 Å². The summed E-state index contributed by atoms with van der Waals surface area (Å²) < 4.78 is 0. The van der Waals surface area contributed by atoms with E-state index in [4.69, 9.17) is 0 Å². The van der Waals surface area contributed by atoms with E-state index in [-0.39, 0.29) is 5.41 Å². The summed E-state index contributed by atoms with van der Waals surface area (Å²) in [6, 6.07) is 0. The van der Waals surface area contributed by atoms with Crippen molar-refractivity contribution in [3.05, 3.63) is 23.8 Å². The van der Waals surface area contributed by atoms with Gasteiger partial charge in [0.15, 0.2) is 0 Å². The average molecular weight is 206 g/mol. The van der Waals surface area contributed by atoms with Crippen LogP contribution in [-0.2, 0) is 4.79 Å². The van der Waals surface area contributed by atoms with E-state index < -0.39 is 0 Å². The molecule has 84 valence electrons. The van der Waals surface area contributed by atoms with Crippen LogP contribution in [0.5, 0.6) is 0 Å². The lowest BCUT2D eigenvalue weighted by Crippen LogP contribution is -2.24. The minimum absolute atomic E-state index is 0.0361. The summed E-state index contributed by atoms with van der Waals surface area (Å²) in [5.74, 6) is 0.839. The van der Waals surface area contributed by atoms with Crippen LogP contribution in [0.25, 0.3) is 0 Å². The van der Waals surface area contributed by atoms with Gasteiger partial charge >= 0.3 is 0 Å². The van der Waals surface area contributed by atoms with Gasteiger partial charge in [-0.05, 0) is 33.1 Å². The average Bonchev–Trinajstić information content (AvgIpc) is 2.38. The molecule has 0 amide bonds. The highest BCUT2D eigenvalue weighted by molar-refractivity contribution is 5.82. The van der Waals surface area contributed by atoms with Crippen LogP contribution >= 0.6 is 0 Å². The first-order valence-electron chi connectivity index (χ1n) is 5.69. The van der Waals surface area contributed by atoms with E-state index in [9.17, 15) is 4.79 Å². The molecule has 0 bridgehead atoms. The maximum atomic E-state index is 11.6. The van der Waals surface area contributed by atoms with Crippen LogP contribution in [0.4, 0.5) is 0 Å². The summed E-state index contributed by atoms with van der Waals surface area (Å²) in [7, 11) is 0. The van der Waals surface area contributed by atoms with Crippen molar-refractivity contribution in [1.82, 2.24) is 0 Å². The van der Waals surface area contributed by atoms with Crippen LogP contribution < -0.4 is 0 Å². The van der Waals surface area contributed by atoms with Gasteiger partial charge in [0.2, 0.25) is 0 Å². The molecular weight excluding hydrogens is 184 g/mol. The number of rotatable bonds is 3. The van der Waals surface area contributed by atoms with Gasteiger partial charge in [0, 0.05) is 18.3 Å². The molecule has 1 rings (SSSR count). The Labute approximate surface area is 93.3 Å². The number of hydrogen-bond donors (Lipinski definition) is 0. The molecule has 0 aromatic carbocycles. The second-order valence-electron chi connectivity index (χ2n) is 5.24. The molecule has 1 saturated carbocycles. The molecule has 1 aliphatic carbocycles. The predicted molar refractivity (Wildman–Crippen MR) is 64.7 cm³/mol. The summed E-state index contributed by atoms with van der Waals surface area (Å²) in [6.45, 7) is 12.5. The molecule has 0 aromatic rings. The van der Waals surface area contributed by atoms with Crippen molar-refractivity contribution in [2.45, 2.75) is 47.0 Å². The van der Waals surface area contributed by atoms with Crippen LogP contribution in [-0.4, -0.2) is 5.78 Å². The standard InChI is InChI=1S/C14H22O/c1-10(2)6-7-14(11(3)4)9-13(15)8-12(14)5/h6,12H,3,7-9H2,1-2,4-5H3/t12-,14+/m0/s1. The number of allylic oxidation sites excluding steroid dienone is 3. The van der Waals surface area contributed by atoms with Gasteiger partial charge in [-0.3, -0.25) is 4.79 Å². The highest BCUT2D eigenvalue weighted by Crippen LogP contribution is 2.49. The van der Waals surface area contributed by atoms with Crippen molar-refractivity contribution in [3.63, 3.8) is 0 Å². The fraction of sp³-hybridized carbons (Fsp3) is 0.643. The summed E-state index contributed by atoms with van der Waals surface area (Å²) in [5.41, 5.74) is 2.52. The molecule has 0 aliphatic heterocycles. The summed E-state index contributed by atoms with van der Waals surface area (Å²) in [5, 5.41) is 0. The fourth-order valence-electron chi connectivity index (χ4n) is 2.54. The second kappa shape index (κ2) is 4.34. The lowest BCUT2D eigenvalue weighted by molar-refractivity contribution is -0.117. The van der Waals surface area contributed by atoms with Gasteiger partial charge in [-0.2, -0.15) is 0 Å². The Kier molecular flexibility index (Phi) is 3.54. The number of ketones is 1. The van der Waals surface area contributed by atoms with Crippen LogP contribution in [0.15, 0.2) is 23.8 Å². The van der Waals surface area contributed by atoms with Crippen molar-refractivity contribution < 1.29 is 4.79 Å². The van der Waals surface area contributed by atoms with E-state index in [0.29, 0.717) is 18.1 Å². The number of carbonyl (C=O) groups excluding carboxylic acids is 1. The Balaban J connectivity index is 2.94. The highest BCUT2D eigenvalue weighted by atomic mass is 16.1. The van der Waals surface area contributed by atoms with Gasteiger partial charge in [-0.25, -0.2) is 0 Å². The van der Waals surface area contributed by atoms with Crippen molar-refractivity contribution in [2.24, 2.45) is 11.3 Å². The third kappa shape index (κ3) is 2.39. The van der Waals surface area contributed by atoms with E-state index in [1.165, 1.54) is 11.1 Å². The first kappa shape index (κ1) is 12.2. The molecule has 0 heterocycles. The first-order valence-corrected chi connectivity index (χ1v) is 5.69. The van der Waals surface area contributed by atoms with Gasteiger partial charge in [0.25, 0.3) is 0 Å². The van der Waals surface area contributed by atoms with Crippen molar-refractivity contribution >= 4 is 5.78 Å². The van der Waals surface area contributed by atoms with Crippen molar-refractivity contribution in [1.29, 1.82) is 0 Å². The summed E-state index contributed by atoms with van der Waals surface area (Å²) >= 11 is 0. The molecular formula is C14H22O. The molecule has 0 N–H and O–H groups in total. The smallest absolute Gasteiger partial charge is 0.134 e. The van der Waals surface area contributed by atoms with Crippen molar-refractivity contribution in [2.75, 3.05) is 0 Å². The Hall–Kier alpha value is -0.850. The molecule has 0 spiro atoms. The lowest BCUT2D eigenvalue weighted by atomic mass is 9.71. The number of carbonyl (C=O) groups is 1. The topological polar surface area (TPSA) is 17.1 Å². The normalized spacial score (nSPS) is 30.4. The number of Topliss-reactive ketones (excluding diaryl/α,β-unsaturated/α-hetero) is 1. The SMILES string of the molecule is C=C(C)[C@@]1(CC=C(C)C)CC(=O)C[C@@H]1C. The quantitative estimate of drug-likeness (QED) is 0.640. The third-order valence-corrected chi connectivity index (χ3v) is 3.71. The lowest BCUT2D eigenvalue weighted by Gasteiger charge is -2.33. The third-order valence-electron chi connectivity index (χ3n) is 3.71. The molecule has 0 radical (unpaired) electrons. The van der Waals surface area contributed by atoms with Crippen LogP contribution in [0.1, 0.15) is 47.0 Å². The van der Waals surface area contributed by atoms with Crippen molar-refractivity contribution in [3.8, 4) is 0 Å². The van der Waals surface area contributed by atoms with E-state index in [1.807, 2.05) is 0 Å². The number of hydrogen-bond acceptors (Lipinski definition) is 1. The zero-order valence-corrected chi connectivity index (χ0v) is 10.4. The Morgan fingerprint density at radius 1 is 1.53 bits per heavy atom. The molecule has 0 unspecified atom stereocenters. The minimum atomic E-state index is 0.0361. The Bertz CT molecular complexity index is 307. The van der Waals surface area contributed by atoms with Gasteiger partial charge in [-0.1, -0.05) is 30.7 Å². The van der Waals surface area contributed by atoms with E-state index in [2.05, 4.69) is 40.3 Å². The Morgan fingerprint density at radius 3 is 2.47 bits per heavy atom. The Morgan fingerprint density at radius 2 is 2.13 bits per heavy atom. The van der Waals surface area contributed by atoms with Crippen LogP contribution in [0.3, 0.4) is 0 Å². The van der Waals surface area contributed by atoms with Crippen LogP contribution in [0.2, 0.25) is 0 Å². The van der Waals surface area contributed by atoms with Gasteiger partial charge in [0.05, 0.1) is 0 Å². The maximum Gasteiger partial charge on any atom is 0.134 e. The zero-order chi connectivity index (χ0) is 11.6. The van der Waals surface area contributed by atoms with E-state index >= 15 is 0 Å². The first-order chi connectivity index (χ1) is 6.88. The maximum absolute atomic E-state index is 11.6. The van der Waals surface area contributed by atoms with Gasteiger partial charge < -0.3 is 0 Å². The zero-order valence-electron chi connectivity index (χ0n) is 10.4. The molecule has 0 aromatic heterocycles. The largest absolute Gasteiger partial charge is 0.300 e. The monoisotopic (exact) mass is 206 g/mol. The molecule has 1 nitrogen and oxygen atoms in total. The molecule has 1 fully saturated rings. The summed E-state index contributed by atoms with van der Waals surface area (Å²) in [6.07, 6.45) is 4.62. The second-order valence-corrected chi connectivity index (χ2v) is 5.24. The predicted octanol–water partition coefficient (Wildman–Crippen LogP) is 3.90. The molecule has 1 aliphatic rings. The molecule has 1 heteroatoms. The van der Waals surface area contributed by atoms with E-state index in [0.717, 1.165) is 12.8 Å².